The van der Waals surface area contributed by atoms with Crippen LogP contribution in [0.1, 0.15) is 43.9 Å². The normalized spacial score (nSPS) is 20.5. The SMILES string of the molecule is CCC(C)Cc1nc2c(n1C)CCC(C(=O)O)C2. The molecule has 1 N–H and O–H groups in total. The molecule has 0 bridgehead atoms. The lowest BCUT2D eigenvalue weighted by molar-refractivity contribution is -0.142. The molecule has 0 radical (unpaired) electrons. The van der Waals surface area contributed by atoms with E-state index in [-0.39, 0.29) is 5.92 Å². The van der Waals surface area contributed by atoms with Gasteiger partial charge < -0.3 is 9.67 Å². The second kappa shape index (κ2) is 5.12. The molecule has 0 saturated heterocycles. The summed E-state index contributed by atoms with van der Waals surface area (Å²) < 4.78 is 2.18. The zero-order valence-electron chi connectivity index (χ0n) is 11.4. The van der Waals surface area contributed by atoms with Crippen molar-refractivity contribution in [3.8, 4) is 0 Å². The van der Waals surface area contributed by atoms with Gasteiger partial charge in [0, 0.05) is 25.6 Å². The fourth-order valence-corrected chi connectivity index (χ4v) is 2.62. The van der Waals surface area contributed by atoms with Crippen LogP contribution < -0.4 is 0 Å². The van der Waals surface area contributed by atoms with E-state index in [0.29, 0.717) is 12.3 Å². The van der Waals surface area contributed by atoms with E-state index in [2.05, 4.69) is 30.4 Å². The predicted octanol–water partition coefficient (Wildman–Crippen LogP) is 2.20. The van der Waals surface area contributed by atoms with Gasteiger partial charge in [0.05, 0.1) is 11.6 Å². The van der Waals surface area contributed by atoms with Gasteiger partial charge in [-0.05, 0) is 18.8 Å². The van der Waals surface area contributed by atoms with Gasteiger partial charge >= 0.3 is 5.97 Å². The van der Waals surface area contributed by atoms with Crippen molar-refractivity contribution in [1.29, 1.82) is 0 Å². The lowest BCUT2D eigenvalue weighted by atomic mass is 9.90. The van der Waals surface area contributed by atoms with Crippen LogP contribution in [0.4, 0.5) is 0 Å². The Balaban J connectivity index is 2.20. The van der Waals surface area contributed by atoms with Crippen LogP contribution in [0.2, 0.25) is 0 Å². The molecule has 1 aromatic rings. The number of carboxylic acid groups (broad SMARTS) is 1. The van der Waals surface area contributed by atoms with Crippen LogP contribution in [-0.2, 0) is 31.1 Å². The molecule has 0 spiro atoms. The Morgan fingerprint density at radius 1 is 1.61 bits per heavy atom. The van der Waals surface area contributed by atoms with Crippen molar-refractivity contribution in [1.82, 2.24) is 9.55 Å². The van der Waals surface area contributed by atoms with Crippen molar-refractivity contribution in [2.75, 3.05) is 0 Å². The largest absolute Gasteiger partial charge is 0.481 e. The molecule has 2 atom stereocenters. The Bertz CT molecular complexity index is 451. The number of rotatable bonds is 4. The number of nitrogens with zero attached hydrogens (tertiary/aromatic N) is 2. The molecule has 18 heavy (non-hydrogen) atoms. The first-order chi connectivity index (χ1) is 8.52. The smallest absolute Gasteiger partial charge is 0.306 e. The molecule has 0 aliphatic heterocycles. The van der Waals surface area contributed by atoms with Crippen LogP contribution in [0.3, 0.4) is 0 Å². The highest BCUT2D eigenvalue weighted by Gasteiger charge is 2.28. The molecule has 4 nitrogen and oxygen atoms in total. The molecule has 0 saturated carbocycles. The van der Waals surface area contributed by atoms with Crippen molar-refractivity contribution < 1.29 is 9.90 Å². The van der Waals surface area contributed by atoms with Crippen molar-refractivity contribution in [2.24, 2.45) is 18.9 Å². The Morgan fingerprint density at radius 3 is 2.94 bits per heavy atom. The van der Waals surface area contributed by atoms with E-state index >= 15 is 0 Å². The molecule has 0 fully saturated rings. The summed E-state index contributed by atoms with van der Waals surface area (Å²) in [6.07, 6.45) is 4.31. The zero-order chi connectivity index (χ0) is 13.3. The number of carbonyl (C=O) groups is 1. The Hall–Kier alpha value is -1.32. The van der Waals surface area contributed by atoms with Crippen LogP contribution in [0.5, 0.6) is 0 Å². The van der Waals surface area contributed by atoms with E-state index in [1.165, 1.54) is 5.69 Å². The summed E-state index contributed by atoms with van der Waals surface area (Å²) in [6.45, 7) is 4.42. The Morgan fingerprint density at radius 2 is 2.33 bits per heavy atom. The highest BCUT2D eigenvalue weighted by atomic mass is 16.4. The number of fused-ring (bicyclic) bond motifs is 1. The fourth-order valence-electron chi connectivity index (χ4n) is 2.62. The van der Waals surface area contributed by atoms with Crippen LogP contribution in [0, 0.1) is 11.8 Å². The van der Waals surface area contributed by atoms with Gasteiger partial charge in [-0.25, -0.2) is 4.98 Å². The molecule has 1 heterocycles. The lowest BCUT2D eigenvalue weighted by Gasteiger charge is -2.18. The maximum Gasteiger partial charge on any atom is 0.306 e. The van der Waals surface area contributed by atoms with Gasteiger partial charge in [0.1, 0.15) is 5.82 Å². The number of aromatic nitrogens is 2. The molecule has 4 heteroatoms. The molecular formula is C14H22N2O2. The van der Waals surface area contributed by atoms with Gasteiger partial charge in [-0.15, -0.1) is 0 Å². The average Bonchev–Trinajstić information content (AvgIpc) is 2.65. The van der Waals surface area contributed by atoms with E-state index in [1.54, 1.807) is 0 Å². The van der Waals surface area contributed by atoms with Crippen LogP contribution in [0.25, 0.3) is 0 Å². The summed E-state index contributed by atoms with van der Waals surface area (Å²) in [6, 6.07) is 0. The minimum atomic E-state index is -0.685. The second-order valence-corrected chi connectivity index (χ2v) is 5.48. The molecule has 100 valence electrons. The highest BCUT2D eigenvalue weighted by molar-refractivity contribution is 5.70. The standard InChI is InChI=1S/C14H22N2O2/c1-4-9(2)7-13-15-11-8-10(14(17)18)5-6-12(11)16(13)3/h9-10H,4-8H2,1-3H3,(H,17,18). The summed E-state index contributed by atoms with van der Waals surface area (Å²) in [5, 5.41) is 9.09. The van der Waals surface area contributed by atoms with Gasteiger partial charge in [0.2, 0.25) is 0 Å². The van der Waals surface area contributed by atoms with Gasteiger partial charge in [0.25, 0.3) is 0 Å². The zero-order valence-corrected chi connectivity index (χ0v) is 11.4. The van der Waals surface area contributed by atoms with E-state index < -0.39 is 5.97 Å². The van der Waals surface area contributed by atoms with E-state index in [9.17, 15) is 4.79 Å². The van der Waals surface area contributed by atoms with Crippen molar-refractivity contribution in [3.05, 3.63) is 17.2 Å². The Labute approximate surface area is 108 Å². The minimum Gasteiger partial charge on any atom is -0.481 e. The van der Waals surface area contributed by atoms with Crippen molar-refractivity contribution in [3.63, 3.8) is 0 Å². The van der Waals surface area contributed by atoms with Crippen molar-refractivity contribution >= 4 is 5.97 Å². The van der Waals surface area contributed by atoms with Gasteiger partial charge in [0.15, 0.2) is 0 Å². The monoisotopic (exact) mass is 250 g/mol. The molecule has 2 unspecified atom stereocenters. The predicted molar refractivity (Wildman–Crippen MR) is 69.5 cm³/mol. The highest BCUT2D eigenvalue weighted by Crippen LogP contribution is 2.26. The third-order valence-electron chi connectivity index (χ3n) is 4.14. The van der Waals surface area contributed by atoms with Gasteiger partial charge in [-0.3, -0.25) is 4.79 Å². The van der Waals surface area contributed by atoms with Crippen LogP contribution in [0.15, 0.2) is 0 Å². The van der Waals surface area contributed by atoms with Gasteiger partial charge in [-0.2, -0.15) is 0 Å². The summed E-state index contributed by atoms with van der Waals surface area (Å²) in [7, 11) is 2.06. The Kier molecular flexibility index (Phi) is 3.73. The number of hydrogen-bond acceptors (Lipinski definition) is 2. The third kappa shape index (κ3) is 2.42. The average molecular weight is 250 g/mol. The van der Waals surface area contributed by atoms with Gasteiger partial charge in [-0.1, -0.05) is 20.3 Å². The fraction of sp³-hybridized carbons (Fsp3) is 0.714. The maximum atomic E-state index is 11.0. The summed E-state index contributed by atoms with van der Waals surface area (Å²) in [5.74, 6) is 0.807. The second-order valence-electron chi connectivity index (χ2n) is 5.48. The summed E-state index contributed by atoms with van der Waals surface area (Å²) in [4.78, 5) is 15.7. The molecule has 1 aromatic heterocycles. The summed E-state index contributed by atoms with van der Waals surface area (Å²) in [5.41, 5.74) is 2.25. The first-order valence-electron chi connectivity index (χ1n) is 6.79. The molecule has 0 amide bonds. The van der Waals surface area contributed by atoms with Crippen molar-refractivity contribution in [2.45, 2.75) is 46.0 Å². The van der Waals surface area contributed by atoms with Crippen LogP contribution >= 0.6 is 0 Å². The molecule has 0 aromatic carbocycles. The number of aliphatic carboxylic acids is 1. The molecule has 2 rings (SSSR count). The topological polar surface area (TPSA) is 55.1 Å². The third-order valence-corrected chi connectivity index (χ3v) is 4.14. The first kappa shape index (κ1) is 13.1. The molecule has 1 aliphatic rings. The number of imidazole rings is 1. The van der Waals surface area contributed by atoms with E-state index in [4.69, 9.17) is 5.11 Å². The van der Waals surface area contributed by atoms with Crippen LogP contribution in [-0.4, -0.2) is 20.6 Å². The number of hydrogen-bond donors (Lipinski definition) is 1. The molecule has 1 aliphatic carbocycles. The van der Waals surface area contributed by atoms with E-state index in [0.717, 1.165) is 37.2 Å². The lowest BCUT2D eigenvalue weighted by Crippen LogP contribution is -2.22. The maximum absolute atomic E-state index is 11.0. The molecular weight excluding hydrogens is 228 g/mol. The quantitative estimate of drug-likeness (QED) is 0.891. The summed E-state index contributed by atoms with van der Waals surface area (Å²) >= 11 is 0. The number of carboxylic acids is 1. The van der Waals surface area contributed by atoms with E-state index in [1.807, 2.05) is 0 Å². The first-order valence-corrected chi connectivity index (χ1v) is 6.79. The minimum absolute atomic E-state index is 0.246.